The first kappa shape index (κ1) is 16.2. The first-order valence-corrected chi connectivity index (χ1v) is 6.83. The minimum Gasteiger partial charge on any atom is -0.395 e. The van der Waals surface area contributed by atoms with E-state index in [4.69, 9.17) is 5.11 Å². The standard InChI is InChI=1S/C11H11BrF3NO2S/c12-9-3-1-8(19-9)2-4-10(18)16(5-6-17)7-11(13,14)15/h1-4,17H,5-7H2/b4-2+. The predicted molar refractivity (Wildman–Crippen MR) is 70.8 cm³/mol. The fourth-order valence-corrected chi connectivity index (χ4v) is 2.61. The molecule has 1 aromatic rings. The van der Waals surface area contributed by atoms with E-state index in [0.717, 1.165) is 14.7 Å². The molecule has 0 aliphatic carbocycles. The van der Waals surface area contributed by atoms with Crippen LogP contribution in [0.15, 0.2) is 22.0 Å². The van der Waals surface area contributed by atoms with Gasteiger partial charge in [-0.2, -0.15) is 13.2 Å². The molecule has 1 amide bonds. The lowest BCUT2D eigenvalue weighted by molar-refractivity contribution is -0.158. The molecule has 1 N–H and O–H groups in total. The molecule has 0 fully saturated rings. The highest BCUT2D eigenvalue weighted by Gasteiger charge is 2.32. The van der Waals surface area contributed by atoms with Gasteiger partial charge in [0.05, 0.1) is 10.4 Å². The number of alkyl halides is 3. The lowest BCUT2D eigenvalue weighted by Gasteiger charge is -2.21. The van der Waals surface area contributed by atoms with Gasteiger partial charge in [0.2, 0.25) is 5.91 Å². The monoisotopic (exact) mass is 357 g/mol. The molecule has 0 aliphatic rings. The van der Waals surface area contributed by atoms with Gasteiger partial charge in [-0.05, 0) is 34.1 Å². The van der Waals surface area contributed by atoms with E-state index in [1.165, 1.54) is 17.4 Å². The van der Waals surface area contributed by atoms with Crippen molar-refractivity contribution in [2.45, 2.75) is 6.18 Å². The number of rotatable bonds is 5. The van der Waals surface area contributed by atoms with Crippen LogP contribution in [0.25, 0.3) is 6.08 Å². The Labute approximate surface area is 120 Å². The van der Waals surface area contributed by atoms with Gasteiger partial charge in [-0.25, -0.2) is 0 Å². The molecule has 0 unspecified atom stereocenters. The first-order chi connectivity index (χ1) is 8.81. The molecule has 0 aliphatic heterocycles. The molecule has 1 aromatic heterocycles. The van der Waals surface area contributed by atoms with Crippen LogP contribution in [0.4, 0.5) is 13.2 Å². The summed E-state index contributed by atoms with van der Waals surface area (Å²) in [6.45, 7) is -2.23. The summed E-state index contributed by atoms with van der Waals surface area (Å²) in [6, 6.07) is 3.51. The summed E-state index contributed by atoms with van der Waals surface area (Å²) in [7, 11) is 0. The summed E-state index contributed by atoms with van der Waals surface area (Å²) in [5.74, 6) is -0.782. The first-order valence-electron chi connectivity index (χ1n) is 5.22. The number of carbonyl (C=O) groups excluding carboxylic acids is 1. The minimum atomic E-state index is -4.48. The van der Waals surface area contributed by atoms with E-state index in [1.54, 1.807) is 12.1 Å². The Bertz CT molecular complexity index is 459. The molecule has 3 nitrogen and oxygen atoms in total. The number of nitrogens with zero attached hydrogens (tertiary/aromatic N) is 1. The van der Waals surface area contributed by atoms with Gasteiger partial charge in [-0.1, -0.05) is 0 Å². The summed E-state index contributed by atoms with van der Waals surface area (Å²) in [5, 5.41) is 8.68. The molecule has 0 spiro atoms. The topological polar surface area (TPSA) is 40.5 Å². The molecule has 1 heterocycles. The third kappa shape index (κ3) is 6.22. The molecular weight excluding hydrogens is 347 g/mol. The third-order valence-corrected chi connectivity index (χ3v) is 3.62. The van der Waals surface area contributed by atoms with Crippen molar-refractivity contribution in [1.82, 2.24) is 4.90 Å². The van der Waals surface area contributed by atoms with Crippen LogP contribution in [0.3, 0.4) is 0 Å². The Morgan fingerprint density at radius 1 is 1.47 bits per heavy atom. The van der Waals surface area contributed by atoms with Crippen LogP contribution < -0.4 is 0 Å². The molecule has 0 bridgehead atoms. The second-order valence-corrected chi connectivity index (χ2v) is 6.07. The van der Waals surface area contributed by atoms with Gasteiger partial charge >= 0.3 is 6.18 Å². The van der Waals surface area contributed by atoms with Gasteiger partial charge in [0.15, 0.2) is 0 Å². The molecule has 0 saturated heterocycles. The number of halogens is 4. The Hall–Kier alpha value is -0.860. The summed E-state index contributed by atoms with van der Waals surface area (Å²) in [6.07, 6.45) is -1.97. The quantitative estimate of drug-likeness (QED) is 0.823. The van der Waals surface area contributed by atoms with Crippen molar-refractivity contribution >= 4 is 39.2 Å². The van der Waals surface area contributed by atoms with Crippen LogP contribution in [0, 0.1) is 0 Å². The zero-order valence-corrected chi connectivity index (χ0v) is 12.1. The van der Waals surface area contributed by atoms with Crippen LogP contribution in [-0.4, -0.2) is 41.8 Å². The third-order valence-electron chi connectivity index (χ3n) is 2.04. The molecule has 0 aromatic carbocycles. The highest BCUT2D eigenvalue weighted by Crippen LogP contribution is 2.23. The van der Waals surface area contributed by atoms with E-state index >= 15 is 0 Å². The molecule has 0 atom stereocenters. The van der Waals surface area contributed by atoms with E-state index in [9.17, 15) is 18.0 Å². The van der Waals surface area contributed by atoms with Gasteiger partial charge in [-0.3, -0.25) is 4.79 Å². The van der Waals surface area contributed by atoms with Gasteiger partial charge in [0, 0.05) is 17.5 Å². The van der Waals surface area contributed by atoms with Crippen molar-refractivity contribution in [3.8, 4) is 0 Å². The van der Waals surface area contributed by atoms with Crippen molar-refractivity contribution in [1.29, 1.82) is 0 Å². The second kappa shape index (κ2) is 7.06. The molecule has 0 radical (unpaired) electrons. The minimum absolute atomic E-state index is 0.350. The SMILES string of the molecule is O=C(/C=C/c1ccc(Br)s1)N(CCO)CC(F)(F)F. The Kier molecular flexibility index (Phi) is 6.02. The molecule has 19 heavy (non-hydrogen) atoms. The van der Waals surface area contributed by atoms with Crippen LogP contribution in [-0.2, 0) is 4.79 Å². The van der Waals surface area contributed by atoms with E-state index in [2.05, 4.69) is 15.9 Å². The maximum Gasteiger partial charge on any atom is 0.406 e. The van der Waals surface area contributed by atoms with Crippen molar-refractivity contribution in [2.24, 2.45) is 0 Å². The van der Waals surface area contributed by atoms with Crippen molar-refractivity contribution in [2.75, 3.05) is 19.7 Å². The van der Waals surface area contributed by atoms with Gasteiger partial charge in [0.1, 0.15) is 6.54 Å². The molecule has 106 valence electrons. The number of hydrogen-bond acceptors (Lipinski definition) is 3. The maximum absolute atomic E-state index is 12.3. The van der Waals surface area contributed by atoms with E-state index in [0.29, 0.717) is 4.90 Å². The molecule has 1 rings (SSSR count). The number of thiophene rings is 1. The summed E-state index contributed by atoms with van der Waals surface area (Å²) in [4.78, 5) is 12.9. The van der Waals surface area contributed by atoms with Crippen LogP contribution in [0.5, 0.6) is 0 Å². The van der Waals surface area contributed by atoms with Crippen molar-refractivity contribution in [3.63, 3.8) is 0 Å². The average molecular weight is 358 g/mol. The van der Waals surface area contributed by atoms with Crippen LogP contribution in [0.1, 0.15) is 4.88 Å². The zero-order valence-electron chi connectivity index (χ0n) is 9.65. The second-order valence-electron chi connectivity index (χ2n) is 3.57. The number of carbonyl (C=O) groups is 1. The molecule has 0 saturated carbocycles. The van der Waals surface area contributed by atoms with Gasteiger partial charge in [-0.15, -0.1) is 11.3 Å². The van der Waals surface area contributed by atoms with Gasteiger partial charge < -0.3 is 10.0 Å². The summed E-state index contributed by atoms with van der Waals surface area (Å²) >= 11 is 4.60. The van der Waals surface area contributed by atoms with Gasteiger partial charge in [0.25, 0.3) is 0 Å². The number of aliphatic hydroxyl groups is 1. The number of aliphatic hydroxyl groups excluding tert-OH is 1. The van der Waals surface area contributed by atoms with Crippen molar-refractivity contribution < 1.29 is 23.1 Å². The Morgan fingerprint density at radius 2 is 2.16 bits per heavy atom. The Morgan fingerprint density at radius 3 is 2.63 bits per heavy atom. The molecule has 8 heteroatoms. The summed E-state index contributed by atoms with van der Waals surface area (Å²) < 4.78 is 37.6. The fraction of sp³-hybridized carbons (Fsp3) is 0.364. The van der Waals surface area contributed by atoms with Crippen LogP contribution >= 0.6 is 27.3 Å². The van der Waals surface area contributed by atoms with Crippen molar-refractivity contribution in [3.05, 3.63) is 26.9 Å². The largest absolute Gasteiger partial charge is 0.406 e. The van der Waals surface area contributed by atoms with E-state index in [-0.39, 0.29) is 6.54 Å². The zero-order chi connectivity index (χ0) is 14.5. The number of hydrogen-bond donors (Lipinski definition) is 1. The summed E-state index contributed by atoms with van der Waals surface area (Å²) in [5.41, 5.74) is 0. The number of amides is 1. The maximum atomic E-state index is 12.3. The molecular formula is C11H11BrF3NO2S. The van der Waals surface area contributed by atoms with E-state index < -0.39 is 25.2 Å². The fourth-order valence-electron chi connectivity index (χ4n) is 1.28. The highest BCUT2D eigenvalue weighted by molar-refractivity contribution is 9.11. The van der Waals surface area contributed by atoms with E-state index in [1.807, 2.05) is 0 Å². The predicted octanol–water partition coefficient (Wildman–Crippen LogP) is 2.91. The highest BCUT2D eigenvalue weighted by atomic mass is 79.9. The Balaban J connectivity index is 2.69. The average Bonchev–Trinajstić information content (AvgIpc) is 2.70. The lowest BCUT2D eigenvalue weighted by atomic mass is 10.3. The van der Waals surface area contributed by atoms with Crippen LogP contribution in [0.2, 0.25) is 0 Å². The smallest absolute Gasteiger partial charge is 0.395 e. The normalized spacial score (nSPS) is 12.1. The lowest BCUT2D eigenvalue weighted by Crippen LogP contribution is -2.39.